The highest BCUT2D eigenvalue weighted by Crippen LogP contribution is 2.16. The number of aryl methyl sites for hydroxylation is 1. The highest BCUT2D eigenvalue weighted by Gasteiger charge is 2.07. The van der Waals surface area contributed by atoms with Crippen LogP contribution in [0.5, 0.6) is 0 Å². The Morgan fingerprint density at radius 2 is 2.00 bits per heavy atom. The molecule has 0 fully saturated rings. The van der Waals surface area contributed by atoms with Crippen LogP contribution in [0.1, 0.15) is 11.1 Å². The van der Waals surface area contributed by atoms with Crippen molar-refractivity contribution in [2.24, 2.45) is 0 Å². The van der Waals surface area contributed by atoms with E-state index in [4.69, 9.17) is 5.26 Å². The summed E-state index contributed by atoms with van der Waals surface area (Å²) in [4.78, 5) is 11.9. The second kappa shape index (κ2) is 6.53. The van der Waals surface area contributed by atoms with E-state index in [0.717, 1.165) is 5.56 Å². The van der Waals surface area contributed by atoms with Crippen LogP contribution < -0.4 is 10.6 Å². The fraction of sp³-hybridized carbons (Fsp3) is 0.125. The van der Waals surface area contributed by atoms with E-state index in [2.05, 4.69) is 10.6 Å². The molecule has 0 spiro atoms. The summed E-state index contributed by atoms with van der Waals surface area (Å²) in [7, 11) is 0. The minimum absolute atomic E-state index is 0.0584. The van der Waals surface area contributed by atoms with Crippen molar-refractivity contribution >= 4 is 17.3 Å². The molecule has 4 nitrogen and oxygen atoms in total. The van der Waals surface area contributed by atoms with Crippen LogP contribution in [0.15, 0.2) is 42.5 Å². The van der Waals surface area contributed by atoms with Gasteiger partial charge in [0.05, 0.1) is 23.9 Å². The molecule has 2 N–H and O–H groups in total. The van der Waals surface area contributed by atoms with Crippen molar-refractivity contribution in [1.82, 2.24) is 0 Å². The molecule has 2 rings (SSSR count). The fourth-order valence-electron chi connectivity index (χ4n) is 1.80. The lowest BCUT2D eigenvalue weighted by Crippen LogP contribution is -2.22. The Hall–Kier alpha value is -2.87. The third kappa shape index (κ3) is 3.80. The van der Waals surface area contributed by atoms with Gasteiger partial charge in [-0.3, -0.25) is 4.79 Å². The van der Waals surface area contributed by atoms with Crippen LogP contribution in [-0.2, 0) is 4.79 Å². The van der Waals surface area contributed by atoms with Crippen molar-refractivity contribution in [3.63, 3.8) is 0 Å². The smallest absolute Gasteiger partial charge is 0.243 e. The summed E-state index contributed by atoms with van der Waals surface area (Å²) in [5, 5.41) is 14.3. The zero-order valence-corrected chi connectivity index (χ0v) is 11.5. The molecule has 0 aromatic heterocycles. The molecule has 1 amide bonds. The quantitative estimate of drug-likeness (QED) is 0.906. The molecule has 0 saturated heterocycles. The van der Waals surface area contributed by atoms with Crippen LogP contribution in [0.25, 0.3) is 0 Å². The number of para-hydroxylation sites is 1. The zero-order chi connectivity index (χ0) is 15.2. The minimum atomic E-state index is -0.409. The third-order valence-electron chi connectivity index (χ3n) is 2.95. The summed E-state index contributed by atoms with van der Waals surface area (Å²) < 4.78 is 13.4. The Labute approximate surface area is 122 Å². The molecule has 0 heterocycles. The molecule has 0 aliphatic rings. The summed E-state index contributed by atoms with van der Waals surface area (Å²) in [6.45, 7) is 1.78. The second-order valence-electron chi connectivity index (χ2n) is 4.52. The van der Waals surface area contributed by atoms with Gasteiger partial charge in [0.1, 0.15) is 5.82 Å². The number of amides is 1. The van der Waals surface area contributed by atoms with E-state index in [1.165, 1.54) is 6.07 Å². The van der Waals surface area contributed by atoms with E-state index >= 15 is 0 Å². The van der Waals surface area contributed by atoms with Crippen LogP contribution in [0.2, 0.25) is 0 Å². The van der Waals surface area contributed by atoms with Gasteiger partial charge in [-0.25, -0.2) is 4.39 Å². The number of nitrogens with one attached hydrogen (secondary N) is 2. The standard InChI is InChI=1S/C16H14FN3O/c1-11-6-7-12(9-18)8-15(11)20-16(21)10-19-14-5-3-2-4-13(14)17/h2-8,19H,10H2,1H3,(H,20,21). The van der Waals surface area contributed by atoms with Gasteiger partial charge in [0.15, 0.2) is 0 Å². The average molecular weight is 283 g/mol. The van der Waals surface area contributed by atoms with Crippen LogP contribution in [0.3, 0.4) is 0 Å². The summed E-state index contributed by atoms with van der Waals surface area (Å²) in [6, 6.07) is 13.2. The third-order valence-corrected chi connectivity index (χ3v) is 2.95. The average Bonchev–Trinajstić information content (AvgIpc) is 2.48. The number of anilines is 2. The molecule has 21 heavy (non-hydrogen) atoms. The van der Waals surface area contributed by atoms with E-state index < -0.39 is 5.82 Å². The highest BCUT2D eigenvalue weighted by atomic mass is 19.1. The van der Waals surface area contributed by atoms with Gasteiger partial charge in [0, 0.05) is 5.69 Å². The van der Waals surface area contributed by atoms with Crippen molar-refractivity contribution < 1.29 is 9.18 Å². The minimum Gasteiger partial charge on any atom is -0.374 e. The normalized spacial score (nSPS) is 9.76. The van der Waals surface area contributed by atoms with Crippen molar-refractivity contribution in [2.45, 2.75) is 6.92 Å². The van der Waals surface area contributed by atoms with Crippen molar-refractivity contribution in [3.8, 4) is 6.07 Å². The number of nitriles is 1. The van der Waals surface area contributed by atoms with Crippen LogP contribution in [0.4, 0.5) is 15.8 Å². The topological polar surface area (TPSA) is 64.9 Å². The Balaban J connectivity index is 2.00. The molecular weight excluding hydrogens is 269 g/mol. The van der Waals surface area contributed by atoms with Gasteiger partial charge in [0.2, 0.25) is 5.91 Å². The lowest BCUT2D eigenvalue weighted by Gasteiger charge is -2.10. The lowest BCUT2D eigenvalue weighted by molar-refractivity contribution is -0.114. The van der Waals surface area contributed by atoms with Gasteiger partial charge in [-0.05, 0) is 36.8 Å². The maximum Gasteiger partial charge on any atom is 0.243 e. The lowest BCUT2D eigenvalue weighted by atomic mass is 10.1. The molecule has 0 atom stereocenters. The van der Waals surface area contributed by atoms with Gasteiger partial charge in [-0.2, -0.15) is 5.26 Å². The molecule has 0 saturated carbocycles. The number of benzene rings is 2. The van der Waals surface area contributed by atoms with E-state index in [1.54, 1.807) is 36.4 Å². The van der Waals surface area contributed by atoms with E-state index in [1.807, 2.05) is 13.0 Å². The number of hydrogen-bond acceptors (Lipinski definition) is 3. The second-order valence-corrected chi connectivity index (χ2v) is 4.52. The van der Waals surface area contributed by atoms with Gasteiger partial charge >= 0.3 is 0 Å². The molecule has 106 valence electrons. The van der Waals surface area contributed by atoms with Crippen molar-refractivity contribution in [3.05, 3.63) is 59.4 Å². The molecule has 2 aromatic carbocycles. The molecule has 0 unspecified atom stereocenters. The van der Waals surface area contributed by atoms with Crippen molar-refractivity contribution in [2.75, 3.05) is 17.2 Å². The molecule has 0 aliphatic heterocycles. The summed E-state index contributed by atoms with van der Waals surface area (Å²) in [6.07, 6.45) is 0. The predicted molar refractivity (Wildman–Crippen MR) is 79.4 cm³/mol. The Morgan fingerprint density at radius 3 is 2.71 bits per heavy atom. The summed E-state index contributed by atoms with van der Waals surface area (Å²) in [5.41, 5.74) is 2.18. The van der Waals surface area contributed by atoms with Crippen LogP contribution in [0, 0.1) is 24.1 Å². The Morgan fingerprint density at radius 1 is 1.24 bits per heavy atom. The monoisotopic (exact) mass is 283 g/mol. The maximum absolute atomic E-state index is 13.4. The molecule has 5 heteroatoms. The number of carbonyl (C=O) groups is 1. The van der Waals surface area contributed by atoms with Gasteiger partial charge in [0.25, 0.3) is 0 Å². The van der Waals surface area contributed by atoms with E-state index in [0.29, 0.717) is 11.3 Å². The Kier molecular flexibility index (Phi) is 4.52. The number of carbonyl (C=O) groups excluding carboxylic acids is 1. The SMILES string of the molecule is Cc1ccc(C#N)cc1NC(=O)CNc1ccccc1F. The number of hydrogen-bond donors (Lipinski definition) is 2. The van der Waals surface area contributed by atoms with Crippen LogP contribution in [-0.4, -0.2) is 12.5 Å². The first-order chi connectivity index (χ1) is 10.1. The number of halogens is 1. The molecule has 0 bridgehead atoms. The van der Waals surface area contributed by atoms with E-state index in [9.17, 15) is 9.18 Å². The first kappa shape index (κ1) is 14.5. The summed E-state index contributed by atoms with van der Waals surface area (Å²) >= 11 is 0. The largest absolute Gasteiger partial charge is 0.374 e. The number of rotatable bonds is 4. The molecule has 2 aromatic rings. The first-order valence-electron chi connectivity index (χ1n) is 6.39. The highest BCUT2D eigenvalue weighted by molar-refractivity contribution is 5.94. The van der Waals surface area contributed by atoms with Gasteiger partial charge in [-0.15, -0.1) is 0 Å². The molecule has 0 aliphatic carbocycles. The zero-order valence-electron chi connectivity index (χ0n) is 11.5. The molecule has 0 radical (unpaired) electrons. The maximum atomic E-state index is 13.4. The number of nitrogens with zero attached hydrogens (tertiary/aromatic N) is 1. The molecular formula is C16H14FN3O. The summed E-state index contributed by atoms with van der Waals surface area (Å²) in [5.74, 6) is -0.718. The van der Waals surface area contributed by atoms with Crippen LogP contribution >= 0.6 is 0 Å². The van der Waals surface area contributed by atoms with Gasteiger partial charge in [-0.1, -0.05) is 18.2 Å². The van der Waals surface area contributed by atoms with Gasteiger partial charge < -0.3 is 10.6 Å². The van der Waals surface area contributed by atoms with Crippen molar-refractivity contribution in [1.29, 1.82) is 5.26 Å². The fourth-order valence-corrected chi connectivity index (χ4v) is 1.80. The first-order valence-corrected chi connectivity index (χ1v) is 6.39. The Bertz CT molecular complexity index is 707. The van der Waals surface area contributed by atoms with E-state index in [-0.39, 0.29) is 18.1 Å². The predicted octanol–water partition coefficient (Wildman–Crippen LogP) is 3.06.